The van der Waals surface area contributed by atoms with Crippen molar-refractivity contribution in [1.29, 1.82) is 0 Å². The summed E-state index contributed by atoms with van der Waals surface area (Å²) in [4.78, 5) is 30.5. The number of aromatic nitrogens is 2. The minimum atomic E-state index is -0.729. The summed E-state index contributed by atoms with van der Waals surface area (Å²) in [6.07, 6.45) is 1.23. The van der Waals surface area contributed by atoms with E-state index in [-0.39, 0.29) is 29.5 Å². The number of imidazole rings is 1. The van der Waals surface area contributed by atoms with Crippen molar-refractivity contribution in [3.8, 4) is 0 Å². The SMILES string of the molecule is CC(C)NC(=O)c1nc[nH]c1C(=O)NCc1cc(F)cc(F)c1. The van der Waals surface area contributed by atoms with Crippen molar-refractivity contribution < 1.29 is 18.4 Å². The molecule has 2 amide bonds. The molecule has 2 rings (SSSR count). The molecule has 0 aliphatic rings. The maximum atomic E-state index is 13.1. The summed E-state index contributed by atoms with van der Waals surface area (Å²) in [5.74, 6) is -2.54. The van der Waals surface area contributed by atoms with Crippen molar-refractivity contribution >= 4 is 11.8 Å². The van der Waals surface area contributed by atoms with Crippen LogP contribution in [0.4, 0.5) is 8.78 Å². The molecule has 122 valence electrons. The Kier molecular flexibility index (Phi) is 5.05. The number of nitrogens with one attached hydrogen (secondary N) is 3. The van der Waals surface area contributed by atoms with E-state index < -0.39 is 23.4 Å². The first-order valence-corrected chi connectivity index (χ1v) is 6.94. The number of hydrogen-bond acceptors (Lipinski definition) is 3. The number of halogens is 2. The molecule has 0 spiro atoms. The molecule has 6 nitrogen and oxygen atoms in total. The van der Waals surface area contributed by atoms with Gasteiger partial charge in [-0.25, -0.2) is 13.8 Å². The van der Waals surface area contributed by atoms with E-state index in [4.69, 9.17) is 0 Å². The Morgan fingerprint density at radius 2 is 1.83 bits per heavy atom. The van der Waals surface area contributed by atoms with E-state index in [1.54, 1.807) is 13.8 Å². The summed E-state index contributed by atoms with van der Waals surface area (Å²) in [7, 11) is 0. The zero-order valence-electron chi connectivity index (χ0n) is 12.6. The van der Waals surface area contributed by atoms with Crippen LogP contribution in [0.15, 0.2) is 24.5 Å². The summed E-state index contributed by atoms with van der Waals surface area (Å²) >= 11 is 0. The molecule has 0 fully saturated rings. The quantitative estimate of drug-likeness (QED) is 0.784. The Labute approximate surface area is 131 Å². The number of carbonyl (C=O) groups excluding carboxylic acids is 2. The third-order valence-electron chi connectivity index (χ3n) is 2.88. The van der Waals surface area contributed by atoms with Crippen LogP contribution in [-0.4, -0.2) is 27.8 Å². The Hall–Kier alpha value is -2.77. The van der Waals surface area contributed by atoms with Crippen LogP contribution in [0.5, 0.6) is 0 Å². The van der Waals surface area contributed by atoms with Gasteiger partial charge in [0.2, 0.25) is 0 Å². The number of H-pyrrole nitrogens is 1. The number of nitrogens with zero attached hydrogens (tertiary/aromatic N) is 1. The highest BCUT2D eigenvalue weighted by Crippen LogP contribution is 2.09. The third kappa shape index (κ3) is 4.35. The molecule has 0 atom stereocenters. The van der Waals surface area contributed by atoms with Crippen molar-refractivity contribution in [2.45, 2.75) is 26.4 Å². The largest absolute Gasteiger partial charge is 0.348 e. The van der Waals surface area contributed by atoms with Gasteiger partial charge in [0.1, 0.15) is 17.3 Å². The summed E-state index contributed by atoms with van der Waals surface area (Å²) in [6.45, 7) is 3.48. The van der Waals surface area contributed by atoms with Crippen molar-refractivity contribution in [2.24, 2.45) is 0 Å². The fourth-order valence-corrected chi connectivity index (χ4v) is 1.95. The highest BCUT2D eigenvalue weighted by molar-refractivity contribution is 6.04. The van der Waals surface area contributed by atoms with E-state index in [0.29, 0.717) is 0 Å². The number of benzene rings is 1. The van der Waals surface area contributed by atoms with E-state index in [1.807, 2.05) is 0 Å². The van der Waals surface area contributed by atoms with Crippen LogP contribution >= 0.6 is 0 Å². The molecule has 0 saturated heterocycles. The van der Waals surface area contributed by atoms with Crippen LogP contribution < -0.4 is 10.6 Å². The van der Waals surface area contributed by atoms with Gasteiger partial charge in [0, 0.05) is 18.7 Å². The van der Waals surface area contributed by atoms with Gasteiger partial charge in [0.15, 0.2) is 5.69 Å². The van der Waals surface area contributed by atoms with Crippen molar-refractivity contribution in [1.82, 2.24) is 20.6 Å². The van der Waals surface area contributed by atoms with Crippen LogP contribution in [0.25, 0.3) is 0 Å². The van der Waals surface area contributed by atoms with Crippen LogP contribution in [-0.2, 0) is 6.54 Å². The number of aromatic amines is 1. The van der Waals surface area contributed by atoms with Crippen molar-refractivity contribution in [2.75, 3.05) is 0 Å². The fraction of sp³-hybridized carbons (Fsp3) is 0.267. The van der Waals surface area contributed by atoms with Gasteiger partial charge in [-0.15, -0.1) is 0 Å². The highest BCUT2D eigenvalue weighted by Gasteiger charge is 2.20. The molecule has 0 aliphatic carbocycles. The second-order valence-electron chi connectivity index (χ2n) is 5.21. The summed E-state index contributed by atoms with van der Waals surface area (Å²) < 4.78 is 26.2. The van der Waals surface area contributed by atoms with Gasteiger partial charge >= 0.3 is 0 Å². The Bertz CT molecular complexity index is 708. The van der Waals surface area contributed by atoms with E-state index in [0.717, 1.165) is 18.2 Å². The van der Waals surface area contributed by atoms with Crippen LogP contribution in [0.1, 0.15) is 40.4 Å². The molecule has 3 N–H and O–H groups in total. The summed E-state index contributed by atoms with van der Waals surface area (Å²) in [5, 5.41) is 5.11. The lowest BCUT2D eigenvalue weighted by molar-refractivity contribution is 0.0906. The second kappa shape index (κ2) is 6.99. The molecule has 23 heavy (non-hydrogen) atoms. The molecule has 0 saturated carbocycles. The molecule has 1 heterocycles. The lowest BCUT2D eigenvalue weighted by atomic mass is 10.2. The molecule has 8 heteroatoms. The van der Waals surface area contributed by atoms with Gasteiger partial charge in [0.25, 0.3) is 11.8 Å². The lowest BCUT2D eigenvalue weighted by Gasteiger charge is -2.08. The summed E-state index contributed by atoms with van der Waals surface area (Å²) in [5.41, 5.74) is 0.213. The second-order valence-corrected chi connectivity index (χ2v) is 5.21. The first kappa shape index (κ1) is 16.6. The maximum Gasteiger partial charge on any atom is 0.272 e. The van der Waals surface area contributed by atoms with Gasteiger partial charge in [-0.3, -0.25) is 9.59 Å². The topological polar surface area (TPSA) is 86.9 Å². The van der Waals surface area contributed by atoms with Crippen molar-refractivity contribution in [3.05, 3.63) is 53.1 Å². The van der Waals surface area contributed by atoms with Crippen LogP contribution in [0.2, 0.25) is 0 Å². The molecular formula is C15H16F2N4O2. The number of carbonyl (C=O) groups is 2. The molecule has 0 bridgehead atoms. The highest BCUT2D eigenvalue weighted by atomic mass is 19.1. The Morgan fingerprint density at radius 3 is 2.43 bits per heavy atom. The average molecular weight is 322 g/mol. The zero-order valence-corrected chi connectivity index (χ0v) is 12.6. The van der Waals surface area contributed by atoms with Crippen LogP contribution in [0, 0.1) is 11.6 Å². The normalized spacial score (nSPS) is 10.7. The molecule has 0 unspecified atom stereocenters. The predicted octanol–water partition coefficient (Wildman–Crippen LogP) is 1.76. The molecule has 1 aromatic heterocycles. The molecule has 0 aliphatic heterocycles. The standard InChI is InChI=1S/C15H16F2N4O2/c1-8(2)21-15(23)13-12(19-7-20-13)14(22)18-6-9-3-10(16)5-11(17)4-9/h3-5,7-8H,6H2,1-2H3,(H,18,22)(H,19,20)(H,21,23). The number of rotatable bonds is 5. The van der Waals surface area contributed by atoms with Crippen molar-refractivity contribution in [3.63, 3.8) is 0 Å². The third-order valence-corrected chi connectivity index (χ3v) is 2.88. The minimum absolute atomic E-state index is 0.0139. The Morgan fingerprint density at radius 1 is 1.17 bits per heavy atom. The molecule has 0 radical (unpaired) electrons. The smallest absolute Gasteiger partial charge is 0.272 e. The molecule has 1 aromatic carbocycles. The number of hydrogen-bond donors (Lipinski definition) is 3. The first-order valence-electron chi connectivity index (χ1n) is 6.94. The predicted molar refractivity (Wildman–Crippen MR) is 78.7 cm³/mol. The van der Waals surface area contributed by atoms with Gasteiger partial charge in [-0.1, -0.05) is 0 Å². The number of amides is 2. The minimum Gasteiger partial charge on any atom is -0.348 e. The molecule has 2 aromatic rings. The first-order chi connectivity index (χ1) is 10.9. The van der Waals surface area contributed by atoms with Gasteiger partial charge in [0.05, 0.1) is 6.33 Å². The van der Waals surface area contributed by atoms with E-state index in [9.17, 15) is 18.4 Å². The monoisotopic (exact) mass is 322 g/mol. The van der Waals surface area contributed by atoms with Gasteiger partial charge in [-0.2, -0.15) is 0 Å². The zero-order chi connectivity index (χ0) is 17.0. The van der Waals surface area contributed by atoms with Gasteiger partial charge < -0.3 is 15.6 Å². The maximum absolute atomic E-state index is 13.1. The fourth-order valence-electron chi connectivity index (χ4n) is 1.95. The van der Waals surface area contributed by atoms with Gasteiger partial charge in [-0.05, 0) is 31.5 Å². The van der Waals surface area contributed by atoms with E-state index in [2.05, 4.69) is 20.6 Å². The Balaban J connectivity index is 2.07. The van der Waals surface area contributed by atoms with Crippen LogP contribution in [0.3, 0.4) is 0 Å². The summed E-state index contributed by atoms with van der Waals surface area (Å²) in [6, 6.07) is 2.87. The van der Waals surface area contributed by atoms with E-state index >= 15 is 0 Å². The van der Waals surface area contributed by atoms with E-state index in [1.165, 1.54) is 6.33 Å². The molecular weight excluding hydrogens is 306 g/mol. The average Bonchev–Trinajstić information content (AvgIpc) is 2.92. The lowest BCUT2D eigenvalue weighted by Crippen LogP contribution is -2.33.